The van der Waals surface area contributed by atoms with Gasteiger partial charge in [-0.05, 0) is 37.7 Å². The third kappa shape index (κ3) is 5.38. The number of aliphatic carboxylic acids is 1. The molecule has 2 aliphatic rings. The highest BCUT2D eigenvalue weighted by atomic mass is 19.1. The van der Waals surface area contributed by atoms with E-state index in [9.17, 15) is 24.1 Å². The maximum absolute atomic E-state index is 13.5. The smallest absolute Gasteiger partial charge is 0.317 e. The van der Waals surface area contributed by atoms with Crippen LogP contribution in [0.2, 0.25) is 0 Å². The van der Waals surface area contributed by atoms with E-state index in [1.807, 2.05) is 4.90 Å². The molecule has 0 aliphatic heterocycles. The molecule has 2 saturated carbocycles. The largest absolute Gasteiger partial charge is 0.484 e. The van der Waals surface area contributed by atoms with Crippen molar-refractivity contribution in [2.24, 2.45) is 5.92 Å². The summed E-state index contributed by atoms with van der Waals surface area (Å²) >= 11 is 0. The van der Waals surface area contributed by atoms with Crippen LogP contribution in [0.5, 0.6) is 5.75 Å². The number of halogens is 1. The van der Waals surface area contributed by atoms with Gasteiger partial charge in [0.25, 0.3) is 5.91 Å². The summed E-state index contributed by atoms with van der Waals surface area (Å²) in [6.07, 6.45) is 3.64. The zero-order chi connectivity index (χ0) is 20.3. The molecular formula is C18H22FN3O6. The van der Waals surface area contributed by atoms with Crippen molar-refractivity contribution in [2.45, 2.75) is 37.8 Å². The lowest BCUT2D eigenvalue weighted by Crippen LogP contribution is -2.55. The summed E-state index contributed by atoms with van der Waals surface area (Å²) in [7, 11) is 0. The van der Waals surface area contributed by atoms with Crippen LogP contribution in [0.15, 0.2) is 18.2 Å². The summed E-state index contributed by atoms with van der Waals surface area (Å²) in [4.78, 5) is 34.7. The van der Waals surface area contributed by atoms with Crippen LogP contribution >= 0.6 is 0 Å². The minimum absolute atomic E-state index is 0.0106. The van der Waals surface area contributed by atoms with Gasteiger partial charge in [0.2, 0.25) is 5.82 Å². The van der Waals surface area contributed by atoms with Crippen molar-refractivity contribution in [1.29, 1.82) is 0 Å². The van der Waals surface area contributed by atoms with Crippen LogP contribution in [0.25, 0.3) is 0 Å². The van der Waals surface area contributed by atoms with Crippen molar-refractivity contribution < 1.29 is 28.7 Å². The Morgan fingerprint density at radius 2 is 2.07 bits per heavy atom. The van der Waals surface area contributed by atoms with Crippen LogP contribution < -0.4 is 10.1 Å². The van der Waals surface area contributed by atoms with E-state index in [-0.39, 0.29) is 36.9 Å². The van der Waals surface area contributed by atoms with Crippen molar-refractivity contribution in [3.8, 4) is 5.75 Å². The summed E-state index contributed by atoms with van der Waals surface area (Å²) in [5.74, 6) is -1.64. The molecular weight excluding hydrogens is 373 g/mol. The van der Waals surface area contributed by atoms with E-state index in [0.29, 0.717) is 18.8 Å². The molecule has 0 radical (unpaired) electrons. The van der Waals surface area contributed by atoms with Crippen molar-refractivity contribution >= 4 is 17.6 Å². The van der Waals surface area contributed by atoms with Crippen molar-refractivity contribution in [1.82, 2.24) is 10.2 Å². The van der Waals surface area contributed by atoms with Crippen molar-refractivity contribution in [3.63, 3.8) is 0 Å². The van der Waals surface area contributed by atoms with Crippen LogP contribution in [0, 0.1) is 21.8 Å². The Bertz CT molecular complexity index is 764. The lowest BCUT2D eigenvalue weighted by molar-refractivity contribution is -0.387. The first-order chi connectivity index (χ1) is 13.3. The summed E-state index contributed by atoms with van der Waals surface area (Å²) in [5, 5.41) is 22.4. The van der Waals surface area contributed by atoms with Crippen LogP contribution in [0.3, 0.4) is 0 Å². The minimum atomic E-state index is -1.03. The van der Waals surface area contributed by atoms with Gasteiger partial charge in [0.1, 0.15) is 5.75 Å². The molecule has 9 nitrogen and oxygen atoms in total. The number of nitrogens with zero attached hydrogens (tertiary/aromatic N) is 2. The number of benzene rings is 1. The van der Waals surface area contributed by atoms with Gasteiger partial charge < -0.3 is 15.2 Å². The fourth-order valence-corrected chi connectivity index (χ4v) is 3.30. The molecule has 2 N–H and O–H groups in total. The number of rotatable bonds is 10. The van der Waals surface area contributed by atoms with E-state index in [2.05, 4.69) is 5.32 Å². The van der Waals surface area contributed by atoms with E-state index in [4.69, 9.17) is 9.84 Å². The maximum atomic E-state index is 13.5. The molecule has 1 aromatic carbocycles. The lowest BCUT2D eigenvalue weighted by Gasteiger charge is -2.42. The fraction of sp³-hybridized carbons (Fsp3) is 0.556. The fourth-order valence-electron chi connectivity index (χ4n) is 3.30. The summed E-state index contributed by atoms with van der Waals surface area (Å²) in [5.41, 5.74) is -0.658. The van der Waals surface area contributed by atoms with Gasteiger partial charge in [-0.25, -0.2) is 0 Å². The lowest BCUT2D eigenvalue weighted by atomic mass is 9.85. The molecule has 0 heterocycles. The van der Waals surface area contributed by atoms with Crippen molar-refractivity contribution in [3.05, 3.63) is 34.1 Å². The number of ether oxygens (including phenoxy) is 1. The third-order valence-corrected chi connectivity index (χ3v) is 5.01. The molecule has 1 amide bonds. The molecule has 0 unspecified atom stereocenters. The van der Waals surface area contributed by atoms with Gasteiger partial charge >= 0.3 is 11.7 Å². The molecule has 1 aromatic rings. The van der Waals surface area contributed by atoms with Gasteiger partial charge in [-0.3, -0.25) is 24.6 Å². The van der Waals surface area contributed by atoms with Gasteiger partial charge in [-0.1, -0.05) is 0 Å². The molecule has 0 saturated heterocycles. The molecule has 2 aliphatic carbocycles. The second kappa shape index (κ2) is 8.51. The average Bonchev–Trinajstić information content (AvgIpc) is 3.38. The van der Waals surface area contributed by atoms with Gasteiger partial charge in [-0.2, -0.15) is 4.39 Å². The topological polar surface area (TPSA) is 122 Å². The Labute approximate surface area is 160 Å². The molecule has 3 rings (SSSR count). The zero-order valence-corrected chi connectivity index (χ0v) is 15.2. The van der Waals surface area contributed by atoms with Crippen LogP contribution in [0.1, 0.15) is 25.7 Å². The number of carboxylic acid groups (broad SMARTS) is 1. The minimum Gasteiger partial charge on any atom is -0.484 e. The Balaban J connectivity index is 1.40. The molecule has 152 valence electrons. The first-order valence-electron chi connectivity index (χ1n) is 9.13. The third-order valence-electron chi connectivity index (χ3n) is 5.01. The van der Waals surface area contributed by atoms with E-state index in [1.54, 1.807) is 0 Å². The highest BCUT2D eigenvalue weighted by molar-refractivity contribution is 5.78. The van der Waals surface area contributed by atoms with Crippen molar-refractivity contribution in [2.75, 3.05) is 19.7 Å². The monoisotopic (exact) mass is 395 g/mol. The van der Waals surface area contributed by atoms with Crippen LogP contribution in [-0.4, -0.2) is 58.6 Å². The molecule has 0 atom stereocenters. The molecule has 10 heteroatoms. The maximum Gasteiger partial charge on any atom is 0.317 e. The first-order valence-corrected chi connectivity index (χ1v) is 9.13. The number of carbonyl (C=O) groups is 2. The Morgan fingerprint density at radius 3 is 2.64 bits per heavy atom. The summed E-state index contributed by atoms with van der Waals surface area (Å²) in [6.45, 7) is 0.461. The van der Waals surface area contributed by atoms with Gasteiger partial charge in [0, 0.05) is 30.8 Å². The quantitative estimate of drug-likeness (QED) is 0.455. The predicted octanol–water partition coefficient (Wildman–Crippen LogP) is 1.56. The number of nitro benzene ring substituents is 1. The highest BCUT2D eigenvalue weighted by Crippen LogP contribution is 2.33. The normalized spacial score (nSPS) is 21.1. The number of carbonyl (C=O) groups excluding carboxylic acids is 1. The Morgan fingerprint density at radius 1 is 1.36 bits per heavy atom. The second-order valence-corrected chi connectivity index (χ2v) is 7.32. The molecule has 0 spiro atoms. The van der Waals surface area contributed by atoms with Crippen LogP contribution in [-0.2, 0) is 9.59 Å². The molecule has 0 bridgehead atoms. The molecule has 0 aromatic heterocycles. The average molecular weight is 395 g/mol. The molecule has 2 fully saturated rings. The first kappa shape index (κ1) is 20.0. The Hall–Kier alpha value is -2.75. The van der Waals surface area contributed by atoms with E-state index in [0.717, 1.165) is 31.5 Å². The number of nitrogens with one attached hydrogen (secondary N) is 1. The van der Waals surface area contributed by atoms with Gasteiger partial charge in [0.15, 0.2) is 6.61 Å². The van der Waals surface area contributed by atoms with Gasteiger partial charge in [0.05, 0.1) is 11.5 Å². The highest BCUT2D eigenvalue weighted by Gasteiger charge is 2.37. The second-order valence-electron chi connectivity index (χ2n) is 7.32. The predicted molar refractivity (Wildman–Crippen MR) is 95.4 cm³/mol. The number of hydrogen-bond donors (Lipinski definition) is 2. The summed E-state index contributed by atoms with van der Waals surface area (Å²) < 4.78 is 18.7. The van der Waals surface area contributed by atoms with Crippen LogP contribution in [0.4, 0.5) is 10.1 Å². The number of hydrogen-bond acceptors (Lipinski definition) is 6. The van der Waals surface area contributed by atoms with E-state index in [1.165, 1.54) is 6.07 Å². The number of nitro groups is 1. The Kier molecular flexibility index (Phi) is 6.08. The van der Waals surface area contributed by atoms with Gasteiger partial charge in [-0.15, -0.1) is 0 Å². The molecule has 28 heavy (non-hydrogen) atoms. The SMILES string of the molecule is O=C(O)CN(CC1CC1)C1CC(NC(=O)COc2ccc([N+](=O)[O-])c(F)c2)C1. The summed E-state index contributed by atoms with van der Waals surface area (Å²) in [6, 6.07) is 3.18. The number of carboxylic acids is 1. The van der Waals surface area contributed by atoms with E-state index < -0.39 is 22.4 Å². The van der Waals surface area contributed by atoms with E-state index >= 15 is 0 Å². The number of amides is 1. The standard InChI is InChI=1S/C18H22FN3O6/c19-15-7-14(3-4-16(15)22(26)27)28-10-17(23)20-12-5-13(6-12)21(9-18(24)25)8-11-1-2-11/h3-4,7,11-13H,1-2,5-6,8-10H2,(H,20,23)(H,24,25). The zero-order valence-electron chi connectivity index (χ0n) is 15.2.